The summed E-state index contributed by atoms with van der Waals surface area (Å²) < 4.78 is 13.1. The van der Waals surface area contributed by atoms with Crippen molar-refractivity contribution in [1.29, 1.82) is 0 Å². The van der Waals surface area contributed by atoms with E-state index in [4.69, 9.17) is 0 Å². The number of aromatic nitrogens is 4. The van der Waals surface area contributed by atoms with E-state index in [0.717, 1.165) is 25.2 Å². The lowest BCUT2D eigenvalue weighted by Crippen LogP contribution is -2.35. The van der Waals surface area contributed by atoms with Gasteiger partial charge in [0.25, 0.3) is 0 Å². The van der Waals surface area contributed by atoms with Crippen LogP contribution in [-0.2, 0) is 0 Å². The highest BCUT2D eigenvalue weighted by atomic mass is 19.1. The van der Waals surface area contributed by atoms with E-state index in [-0.39, 0.29) is 5.82 Å². The first-order valence-electron chi connectivity index (χ1n) is 8.45. The molecule has 0 bridgehead atoms. The third-order valence-corrected chi connectivity index (χ3v) is 4.37. The molecule has 0 saturated carbocycles. The third-order valence-electron chi connectivity index (χ3n) is 4.37. The molecule has 4 rings (SSSR count). The van der Waals surface area contributed by atoms with Crippen molar-refractivity contribution in [2.75, 3.05) is 23.3 Å². The fourth-order valence-corrected chi connectivity index (χ4v) is 3.12. The predicted octanol–water partition coefficient (Wildman–Crippen LogP) is 3.54. The van der Waals surface area contributed by atoms with E-state index in [0.29, 0.717) is 28.8 Å². The van der Waals surface area contributed by atoms with Crippen LogP contribution in [0.5, 0.6) is 0 Å². The van der Waals surface area contributed by atoms with Gasteiger partial charge in [0.05, 0.1) is 0 Å². The van der Waals surface area contributed by atoms with Gasteiger partial charge in [0, 0.05) is 31.2 Å². The molecule has 6 nitrogen and oxygen atoms in total. The number of fused-ring (bicyclic) bond motifs is 1. The molecule has 1 unspecified atom stereocenters. The van der Waals surface area contributed by atoms with Crippen molar-refractivity contribution in [2.45, 2.75) is 19.8 Å². The third kappa shape index (κ3) is 3.35. The van der Waals surface area contributed by atoms with Gasteiger partial charge in [-0.15, -0.1) is 0 Å². The van der Waals surface area contributed by atoms with Crippen LogP contribution in [0.3, 0.4) is 0 Å². The normalized spacial score (nSPS) is 17.7. The Bertz CT molecular complexity index is 882. The molecule has 25 heavy (non-hydrogen) atoms. The maximum Gasteiger partial charge on any atom is 0.229 e. The fraction of sp³-hybridized carbons (Fsp3) is 0.333. The summed E-state index contributed by atoms with van der Waals surface area (Å²) in [6.45, 7) is 4.11. The van der Waals surface area contributed by atoms with Crippen LogP contribution >= 0.6 is 0 Å². The van der Waals surface area contributed by atoms with Crippen molar-refractivity contribution in [3.8, 4) is 0 Å². The maximum atomic E-state index is 13.1. The molecule has 1 atom stereocenters. The topological polar surface area (TPSA) is 66.8 Å². The molecular formula is C18H19FN6. The first-order valence-corrected chi connectivity index (χ1v) is 8.45. The van der Waals surface area contributed by atoms with Gasteiger partial charge in [-0.2, -0.15) is 9.97 Å². The van der Waals surface area contributed by atoms with Gasteiger partial charge >= 0.3 is 0 Å². The maximum absolute atomic E-state index is 13.1. The summed E-state index contributed by atoms with van der Waals surface area (Å²) >= 11 is 0. The van der Waals surface area contributed by atoms with E-state index in [2.05, 4.69) is 37.1 Å². The largest absolute Gasteiger partial charge is 0.340 e. The number of hydrogen-bond donors (Lipinski definition) is 1. The molecule has 1 N–H and O–H groups in total. The number of hydrogen-bond acceptors (Lipinski definition) is 6. The zero-order chi connectivity index (χ0) is 17.2. The molecule has 1 saturated heterocycles. The molecule has 0 aliphatic carbocycles. The number of nitrogens with one attached hydrogen (secondary N) is 1. The van der Waals surface area contributed by atoms with E-state index in [9.17, 15) is 4.39 Å². The van der Waals surface area contributed by atoms with E-state index in [1.807, 2.05) is 0 Å². The SMILES string of the molecule is CC1CCCN(c2nc(Nc3ccc(F)cc3)c3nccnc3n2)C1. The molecule has 0 radical (unpaired) electrons. The summed E-state index contributed by atoms with van der Waals surface area (Å²) in [6.07, 6.45) is 5.60. The van der Waals surface area contributed by atoms with Gasteiger partial charge in [0.15, 0.2) is 17.0 Å². The second kappa shape index (κ2) is 6.58. The quantitative estimate of drug-likeness (QED) is 0.788. The molecule has 1 aromatic carbocycles. The van der Waals surface area contributed by atoms with Gasteiger partial charge in [0.1, 0.15) is 5.82 Å². The highest BCUT2D eigenvalue weighted by Gasteiger charge is 2.21. The van der Waals surface area contributed by atoms with Crippen LogP contribution in [0.2, 0.25) is 0 Å². The number of anilines is 3. The van der Waals surface area contributed by atoms with E-state index in [1.54, 1.807) is 24.5 Å². The molecule has 1 aliphatic heterocycles. The number of nitrogens with zero attached hydrogens (tertiary/aromatic N) is 5. The van der Waals surface area contributed by atoms with Crippen molar-refractivity contribution >= 4 is 28.6 Å². The van der Waals surface area contributed by atoms with Crippen molar-refractivity contribution in [1.82, 2.24) is 19.9 Å². The van der Waals surface area contributed by atoms with Gasteiger partial charge in [-0.1, -0.05) is 6.92 Å². The highest BCUT2D eigenvalue weighted by molar-refractivity contribution is 5.85. The van der Waals surface area contributed by atoms with Gasteiger partial charge in [0.2, 0.25) is 5.95 Å². The number of rotatable bonds is 3. The molecule has 2 aromatic heterocycles. The summed E-state index contributed by atoms with van der Waals surface area (Å²) in [5.74, 6) is 1.58. The van der Waals surface area contributed by atoms with Crippen molar-refractivity contribution in [3.63, 3.8) is 0 Å². The molecule has 3 aromatic rings. The minimum absolute atomic E-state index is 0.277. The second-order valence-electron chi connectivity index (χ2n) is 6.43. The van der Waals surface area contributed by atoms with Gasteiger partial charge in [-0.25, -0.2) is 14.4 Å². The van der Waals surface area contributed by atoms with E-state index < -0.39 is 0 Å². The molecule has 1 aliphatic rings. The standard InChI is InChI=1S/C18H19FN6/c1-12-3-2-10-25(11-12)18-23-16-15(20-8-9-21-16)17(24-18)22-14-6-4-13(19)5-7-14/h4-9,12H,2-3,10-11H2,1H3,(H,21,22,23,24). The van der Waals surface area contributed by atoms with Crippen LogP contribution in [-0.4, -0.2) is 33.0 Å². The predicted molar refractivity (Wildman–Crippen MR) is 95.4 cm³/mol. The summed E-state index contributed by atoms with van der Waals surface area (Å²) in [7, 11) is 0. The molecule has 0 amide bonds. The molecule has 128 valence electrons. The van der Waals surface area contributed by atoms with Crippen LogP contribution < -0.4 is 10.2 Å². The first-order chi connectivity index (χ1) is 12.2. The first kappa shape index (κ1) is 15.7. The van der Waals surface area contributed by atoms with Crippen molar-refractivity contribution in [2.24, 2.45) is 5.92 Å². The average molecular weight is 338 g/mol. The summed E-state index contributed by atoms with van der Waals surface area (Å²) in [4.78, 5) is 20.2. The minimum atomic E-state index is -0.277. The molecule has 7 heteroatoms. The van der Waals surface area contributed by atoms with Gasteiger partial charge in [-0.3, -0.25) is 0 Å². The van der Waals surface area contributed by atoms with Gasteiger partial charge in [-0.05, 0) is 43.0 Å². The lowest BCUT2D eigenvalue weighted by Gasteiger charge is -2.31. The fourth-order valence-electron chi connectivity index (χ4n) is 3.12. The lowest BCUT2D eigenvalue weighted by atomic mass is 10.0. The summed E-state index contributed by atoms with van der Waals surface area (Å²) in [5, 5.41) is 3.22. The van der Waals surface area contributed by atoms with E-state index >= 15 is 0 Å². The molecule has 1 fully saturated rings. The average Bonchev–Trinajstić information content (AvgIpc) is 2.63. The lowest BCUT2D eigenvalue weighted by molar-refractivity contribution is 0.442. The highest BCUT2D eigenvalue weighted by Crippen LogP contribution is 2.26. The monoisotopic (exact) mass is 338 g/mol. The van der Waals surface area contributed by atoms with Gasteiger partial charge < -0.3 is 10.2 Å². The molecule has 0 spiro atoms. The summed E-state index contributed by atoms with van der Waals surface area (Å²) in [5.41, 5.74) is 1.89. The Kier molecular flexibility index (Phi) is 4.13. The van der Waals surface area contributed by atoms with Crippen LogP contribution in [0.4, 0.5) is 21.8 Å². The second-order valence-corrected chi connectivity index (χ2v) is 6.43. The Hall–Kier alpha value is -2.83. The Morgan fingerprint density at radius 1 is 1.12 bits per heavy atom. The van der Waals surface area contributed by atoms with Crippen molar-refractivity contribution < 1.29 is 4.39 Å². The Morgan fingerprint density at radius 2 is 1.92 bits per heavy atom. The Balaban J connectivity index is 1.74. The van der Waals surface area contributed by atoms with Crippen molar-refractivity contribution in [3.05, 3.63) is 42.5 Å². The minimum Gasteiger partial charge on any atom is -0.340 e. The van der Waals surface area contributed by atoms with Crippen LogP contribution in [0.1, 0.15) is 19.8 Å². The smallest absolute Gasteiger partial charge is 0.229 e. The number of piperidine rings is 1. The zero-order valence-corrected chi connectivity index (χ0v) is 14.0. The molecule has 3 heterocycles. The van der Waals surface area contributed by atoms with E-state index in [1.165, 1.54) is 18.6 Å². The number of halogens is 1. The Labute approximate surface area is 145 Å². The summed E-state index contributed by atoms with van der Waals surface area (Å²) in [6, 6.07) is 6.15. The van der Waals surface area contributed by atoms with Crippen LogP contribution in [0, 0.1) is 11.7 Å². The Morgan fingerprint density at radius 3 is 2.72 bits per heavy atom. The van der Waals surface area contributed by atoms with Crippen LogP contribution in [0.15, 0.2) is 36.7 Å². The zero-order valence-electron chi connectivity index (χ0n) is 14.0. The molecular weight excluding hydrogens is 319 g/mol. The van der Waals surface area contributed by atoms with Crippen LogP contribution in [0.25, 0.3) is 11.2 Å². The number of benzene rings is 1.